The van der Waals surface area contributed by atoms with Crippen LogP contribution >= 0.6 is 11.3 Å². The van der Waals surface area contributed by atoms with E-state index in [2.05, 4.69) is 15.5 Å². The fourth-order valence-electron chi connectivity index (χ4n) is 3.89. The molecule has 0 bridgehead atoms. The molecule has 32 heavy (non-hydrogen) atoms. The Labute approximate surface area is 184 Å². The Morgan fingerprint density at radius 3 is 2.84 bits per heavy atom. The van der Waals surface area contributed by atoms with Crippen LogP contribution in [0.25, 0.3) is 11.5 Å². The van der Waals surface area contributed by atoms with Crippen molar-refractivity contribution in [1.82, 2.24) is 10.1 Å². The Kier molecular flexibility index (Phi) is 5.20. The highest BCUT2D eigenvalue weighted by Gasteiger charge is 2.39. The number of ether oxygens (including phenoxy) is 2. The van der Waals surface area contributed by atoms with Crippen molar-refractivity contribution in [2.24, 2.45) is 0 Å². The molecule has 0 aromatic carbocycles. The van der Waals surface area contributed by atoms with E-state index < -0.39 is 24.4 Å². The number of aromatic nitrogens is 2. The molecule has 0 spiro atoms. The molecule has 5 rings (SSSR count). The molecule has 0 unspecified atom stereocenters. The van der Waals surface area contributed by atoms with Crippen molar-refractivity contribution in [3.8, 4) is 11.5 Å². The number of amides is 1. The number of fused-ring (bicyclic) bond motifs is 1. The van der Waals surface area contributed by atoms with Crippen LogP contribution in [0.1, 0.15) is 47.9 Å². The summed E-state index contributed by atoms with van der Waals surface area (Å²) >= 11 is 1.05. The van der Waals surface area contributed by atoms with Crippen molar-refractivity contribution in [1.29, 1.82) is 0 Å². The Hall–Kier alpha value is -2.86. The van der Waals surface area contributed by atoms with Crippen molar-refractivity contribution in [3.63, 3.8) is 0 Å². The molecule has 1 saturated carbocycles. The van der Waals surface area contributed by atoms with Gasteiger partial charge in [-0.1, -0.05) is 5.16 Å². The molecule has 1 aliphatic heterocycles. The number of nitrogens with zero attached hydrogens (tertiary/aromatic N) is 2. The summed E-state index contributed by atoms with van der Waals surface area (Å²) in [5, 5.41) is 16.0. The number of halogens is 2. The molecule has 3 heterocycles. The van der Waals surface area contributed by atoms with Crippen LogP contribution in [-0.2, 0) is 27.1 Å². The van der Waals surface area contributed by atoms with Gasteiger partial charge in [-0.05, 0) is 24.8 Å². The van der Waals surface area contributed by atoms with E-state index in [9.17, 15) is 18.4 Å². The van der Waals surface area contributed by atoms with Gasteiger partial charge < -0.3 is 24.4 Å². The number of carbonyl (C=O) groups excluding carboxylic acids is 1. The number of nitrogens with one attached hydrogen (secondary N) is 1. The molecule has 0 radical (unpaired) electrons. The topological polar surface area (TPSA) is 124 Å². The van der Waals surface area contributed by atoms with E-state index in [1.54, 1.807) is 0 Å². The molecular weight excluding hydrogens is 448 g/mol. The number of anilines is 1. The highest BCUT2D eigenvalue weighted by atomic mass is 32.1. The third kappa shape index (κ3) is 4.11. The van der Waals surface area contributed by atoms with E-state index in [1.165, 1.54) is 0 Å². The molecule has 1 fully saturated rings. The molecule has 1 amide bonds. The Morgan fingerprint density at radius 2 is 2.09 bits per heavy atom. The van der Waals surface area contributed by atoms with Gasteiger partial charge in [-0.2, -0.15) is 4.98 Å². The van der Waals surface area contributed by atoms with Crippen molar-refractivity contribution in [2.45, 2.75) is 50.4 Å². The van der Waals surface area contributed by atoms with Gasteiger partial charge in [0.2, 0.25) is 0 Å². The summed E-state index contributed by atoms with van der Waals surface area (Å²) in [5.41, 5.74) is 1.26. The molecule has 2 aliphatic carbocycles. The minimum atomic E-state index is -2.82. The fourth-order valence-corrected chi connectivity index (χ4v) is 5.20. The first-order valence-corrected chi connectivity index (χ1v) is 11.0. The highest BCUT2D eigenvalue weighted by Crippen LogP contribution is 2.48. The summed E-state index contributed by atoms with van der Waals surface area (Å²) in [5.74, 6) is -2.50. The predicted molar refractivity (Wildman–Crippen MR) is 107 cm³/mol. The van der Waals surface area contributed by atoms with Crippen LogP contribution in [-0.4, -0.2) is 46.4 Å². The summed E-state index contributed by atoms with van der Waals surface area (Å²) in [6.45, 7) is 0.0765. The summed E-state index contributed by atoms with van der Waals surface area (Å²) in [7, 11) is 0. The monoisotopic (exact) mass is 467 g/mol. The number of carbonyl (C=O) groups is 2. The molecule has 2 aromatic rings. The standard InChI is InChI=1S/C20H19F2N3O6S/c21-20(22)5-3-11-13(7-20)32-18(14(11)17-23-15(25-31-17)9-1-2-9)24-16(26)10-4-6-29-8-12(10)30-19(27)28/h9H,1-8H2,(H,24,26)(H,27,28). The zero-order valence-electron chi connectivity index (χ0n) is 16.8. The van der Waals surface area contributed by atoms with Gasteiger partial charge in [0.25, 0.3) is 17.7 Å². The summed E-state index contributed by atoms with van der Waals surface area (Å²) in [6, 6.07) is 0. The maximum absolute atomic E-state index is 14.0. The van der Waals surface area contributed by atoms with Crippen molar-refractivity contribution in [3.05, 3.63) is 27.6 Å². The zero-order valence-corrected chi connectivity index (χ0v) is 17.6. The highest BCUT2D eigenvalue weighted by molar-refractivity contribution is 7.17. The van der Waals surface area contributed by atoms with Crippen LogP contribution in [0, 0.1) is 0 Å². The van der Waals surface area contributed by atoms with E-state index in [-0.39, 0.29) is 55.6 Å². The summed E-state index contributed by atoms with van der Waals surface area (Å²) in [4.78, 5) is 28.9. The summed E-state index contributed by atoms with van der Waals surface area (Å²) in [6.07, 6.45) is -0.0700. The van der Waals surface area contributed by atoms with E-state index in [1.807, 2.05) is 0 Å². The number of hydrogen-bond donors (Lipinski definition) is 2. The molecule has 2 N–H and O–H groups in total. The lowest BCUT2D eigenvalue weighted by Crippen LogP contribution is -2.25. The van der Waals surface area contributed by atoms with Crippen LogP contribution in [0.4, 0.5) is 18.6 Å². The van der Waals surface area contributed by atoms with Gasteiger partial charge in [0.05, 0.1) is 17.7 Å². The molecule has 12 heteroatoms. The summed E-state index contributed by atoms with van der Waals surface area (Å²) < 4.78 is 43.4. The van der Waals surface area contributed by atoms with E-state index >= 15 is 0 Å². The normalized spacial score (nSPS) is 20.1. The first kappa shape index (κ1) is 21.0. The number of carboxylic acid groups (broad SMARTS) is 1. The van der Waals surface area contributed by atoms with E-state index in [0.717, 1.165) is 24.2 Å². The van der Waals surface area contributed by atoms with Gasteiger partial charge in [0.1, 0.15) is 17.4 Å². The average Bonchev–Trinajstić information content (AvgIpc) is 3.36. The Balaban J connectivity index is 1.51. The maximum Gasteiger partial charge on any atom is 0.511 e. The second-order valence-electron chi connectivity index (χ2n) is 8.00. The predicted octanol–water partition coefficient (Wildman–Crippen LogP) is 4.11. The number of rotatable bonds is 5. The van der Waals surface area contributed by atoms with Gasteiger partial charge >= 0.3 is 6.16 Å². The van der Waals surface area contributed by atoms with Crippen LogP contribution in [0.5, 0.6) is 0 Å². The molecular formula is C20H19F2N3O6S. The molecule has 0 saturated heterocycles. The van der Waals surface area contributed by atoms with Gasteiger partial charge in [-0.15, -0.1) is 11.3 Å². The lowest BCUT2D eigenvalue weighted by molar-refractivity contribution is -0.113. The fraction of sp³-hybridized carbons (Fsp3) is 0.500. The molecule has 170 valence electrons. The zero-order chi connectivity index (χ0) is 22.5. The van der Waals surface area contributed by atoms with Gasteiger partial charge in [0, 0.05) is 30.1 Å². The molecule has 2 aromatic heterocycles. The number of hydrogen-bond acceptors (Lipinski definition) is 8. The van der Waals surface area contributed by atoms with Gasteiger partial charge in [-0.25, -0.2) is 13.6 Å². The SMILES string of the molecule is O=C(O)OC1=C(C(=O)Nc2sc3c(c2-c2nc(C4CC4)no2)CCC(F)(F)C3)CCOC1. The second-order valence-corrected chi connectivity index (χ2v) is 9.10. The molecule has 0 atom stereocenters. The van der Waals surface area contributed by atoms with Crippen LogP contribution in [0.2, 0.25) is 0 Å². The van der Waals surface area contributed by atoms with Gasteiger partial charge in [0.15, 0.2) is 5.82 Å². The lowest BCUT2D eigenvalue weighted by Gasteiger charge is -2.21. The van der Waals surface area contributed by atoms with Crippen molar-refractivity contribution < 1.29 is 37.5 Å². The van der Waals surface area contributed by atoms with Crippen LogP contribution in [0.15, 0.2) is 15.9 Å². The van der Waals surface area contributed by atoms with E-state index in [0.29, 0.717) is 26.8 Å². The van der Waals surface area contributed by atoms with E-state index in [4.69, 9.17) is 19.1 Å². The first-order chi connectivity index (χ1) is 15.3. The second kappa shape index (κ2) is 7.93. The average molecular weight is 467 g/mol. The Morgan fingerprint density at radius 1 is 1.28 bits per heavy atom. The van der Waals surface area contributed by atoms with Gasteiger partial charge in [-0.3, -0.25) is 4.79 Å². The quantitative estimate of drug-likeness (QED) is 0.630. The Bertz CT molecular complexity index is 1120. The van der Waals surface area contributed by atoms with Crippen LogP contribution < -0.4 is 5.32 Å². The first-order valence-electron chi connectivity index (χ1n) is 10.2. The smallest absolute Gasteiger partial charge is 0.449 e. The van der Waals surface area contributed by atoms with Crippen molar-refractivity contribution >= 4 is 28.4 Å². The largest absolute Gasteiger partial charge is 0.511 e. The molecule has 9 nitrogen and oxygen atoms in total. The van der Waals surface area contributed by atoms with Crippen LogP contribution in [0.3, 0.4) is 0 Å². The molecule has 3 aliphatic rings. The third-order valence-electron chi connectivity index (χ3n) is 5.63. The minimum absolute atomic E-state index is 0.0931. The maximum atomic E-state index is 14.0. The lowest BCUT2D eigenvalue weighted by atomic mass is 9.92. The van der Waals surface area contributed by atoms with Crippen molar-refractivity contribution in [2.75, 3.05) is 18.5 Å². The minimum Gasteiger partial charge on any atom is -0.449 e. The third-order valence-corrected chi connectivity index (χ3v) is 6.77. The number of alkyl halides is 2. The number of thiophene rings is 1.